The molecule has 18 heavy (non-hydrogen) atoms. The average Bonchev–Trinajstić information content (AvgIpc) is 2.76. The highest BCUT2D eigenvalue weighted by Gasteiger charge is 2.14. The van der Waals surface area contributed by atoms with Gasteiger partial charge >= 0.3 is 0 Å². The zero-order valence-corrected chi connectivity index (χ0v) is 10.1. The van der Waals surface area contributed by atoms with E-state index < -0.39 is 11.6 Å². The van der Waals surface area contributed by atoms with E-state index in [4.69, 9.17) is 11.0 Å². The smallest absolute Gasteiger partial charge is 0.159 e. The maximum atomic E-state index is 13.2. The van der Waals surface area contributed by atoms with Gasteiger partial charge in [-0.15, -0.1) is 11.3 Å². The van der Waals surface area contributed by atoms with Gasteiger partial charge in [0.2, 0.25) is 0 Å². The van der Waals surface area contributed by atoms with Crippen molar-refractivity contribution < 1.29 is 8.78 Å². The topological polar surface area (TPSA) is 62.7 Å². The summed E-state index contributed by atoms with van der Waals surface area (Å²) in [6.07, 6.45) is 0.559. The van der Waals surface area contributed by atoms with Crippen molar-refractivity contribution in [1.82, 2.24) is 4.98 Å². The molecule has 2 aromatic rings. The highest BCUT2D eigenvalue weighted by Crippen LogP contribution is 2.28. The molecule has 2 rings (SSSR count). The second-order valence-corrected chi connectivity index (χ2v) is 4.65. The molecule has 1 heterocycles. The van der Waals surface area contributed by atoms with Crippen LogP contribution in [0.15, 0.2) is 18.2 Å². The Morgan fingerprint density at radius 1 is 1.33 bits per heavy atom. The highest BCUT2D eigenvalue weighted by atomic mass is 32.1. The molecule has 0 aliphatic rings. The van der Waals surface area contributed by atoms with Crippen LogP contribution < -0.4 is 5.73 Å². The number of nitriles is 1. The maximum Gasteiger partial charge on any atom is 0.159 e. The van der Waals surface area contributed by atoms with E-state index in [1.807, 2.05) is 6.07 Å². The van der Waals surface area contributed by atoms with Crippen LogP contribution in [-0.4, -0.2) is 11.5 Å². The van der Waals surface area contributed by atoms with Gasteiger partial charge in [0.05, 0.1) is 10.7 Å². The first-order valence-electron chi connectivity index (χ1n) is 5.21. The molecule has 0 spiro atoms. The minimum absolute atomic E-state index is 0.379. The molecular weight excluding hydrogens is 256 g/mol. The fourth-order valence-corrected chi connectivity index (χ4v) is 2.41. The van der Waals surface area contributed by atoms with E-state index in [2.05, 4.69) is 4.98 Å². The minimum Gasteiger partial charge on any atom is -0.330 e. The summed E-state index contributed by atoms with van der Waals surface area (Å²) in [6.45, 7) is 0.426. The summed E-state index contributed by atoms with van der Waals surface area (Å²) in [5, 5.41) is 9.72. The zero-order chi connectivity index (χ0) is 13.1. The minimum atomic E-state index is -0.954. The van der Waals surface area contributed by atoms with Crippen LogP contribution in [0.4, 0.5) is 8.78 Å². The second kappa shape index (κ2) is 5.21. The van der Waals surface area contributed by atoms with Crippen molar-refractivity contribution >= 4 is 11.3 Å². The molecule has 6 heteroatoms. The predicted molar refractivity (Wildman–Crippen MR) is 64.9 cm³/mol. The monoisotopic (exact) mass is 265 g/mol. The Labute approximate surface area is 107 Å². The van der Waals surface area contributed by atoms with Crippen LogP contribution >= 0.6 is 11.3 Å². The van der Waals surface area contributed by atoms with Gasteiger partial charge in [-0.3, -0.25) is 0 Å². The molecule has 1 aromatic carbocycles. The average molecular weight is 265 g/mol. The molecule has 0 amide bonds. The predicted octanol–water partition coefficient (Wildman–Crippen LogP) is 2.46. The van der Waals surface area contributed by atoms with Crippen molar-refractivity contribution in [1.29, 1.82) is 5.26 Å². The summed E-state index contributed by atoms with van der Waals surface area (Å²) in [5.74, 6) is -1.88. The van der Waals surface area contributed by atoms with E-state index in [1.54, 1.807) is 0 Å². The van der Waals surface area contributed by atoms with Crippen LogP contribution in [0, 0.1) is 23.0 Å². The van der Waals surface area contributed by atoms with Gasteiger partial charge < -0.3 is 5.73 Å². The van der Waals surface area contributed by atoms with Gasteiger partial charge in [0.15, 0.2) is 11.6 Å². The van der Waals surface area contributed by atoms with Gasteiger partial charge in [-0.25, -0.2) is 13.8 Å². The lowest BCUT2D eigenvalue weighted by molar-refractivity contribution is 0.509. The largest absolute Gasteiger partial charge is 0.330 e. The third-order valence-electron chi connectivity index (χ3n) is 2.32. The molecule has 92 valence electrons. The molecule has 0 bridgehead atoms. The van der Waals surface area contributed by atoms with E-state index in [1.165, 1.54) is 17.4 Å². The van der Waals surface area contributed by atoms with Gasteiger partial charge in [-0.1, -0.05) is 0 Å². The number of nitrogens with two attached hydrogens (primary N) is 1. The first-order chi connectivity index (χ1) is 8.65. The van der Waals surface area contributed by atoms with Crippen LogP contribution in [0.1, 0.15) is 9.88 Å². The summed E-state index contributed by atoms with van der Waals surface area (Å²) in [7, 11) is 0. The van der Waals surface area contributed by atoms with Crippen LogP contribution in [0.5, 0.6) is 0 Å². The third kappa shape index (κ3) is 2.37. The molecule has 0 fully saturated rings. The van der Waals surface area contributed by atoms with E-state index in [0.29, 0.717) is 34.1 Å². The van der Waals surface area contributed by atoms with Gasteiger partial charge in [-0.2, -0.15) is 5.26 Å². The summed E-state index contributed by atoms with van der Waals surface area (Å²) >= 11 is 1.22. The lowest BCUT2D eigenvalue weighted by Crippen LogP contribution is -2.01. The molecule has 0 atom stereocenters. The maximum absolute atomic E-state index is 13.2. The quantitative estimate of drug-likeness (QED) is 0.927. The van der Waals surface area contributed by atoms with Crippen LogP contribution in [0.2, 0.25) is 0 Å². The Kier molecular flexibility index (Phi) is 3.65. The van der Waals surface area contributed by atoms with E-state index in [0.717, 1.165) is 12.1 Å². The molecule has 2 N–H and O–H groups in total. The summed E-state index contributed by atoms with van der Waals surface area (Å²) in [4.78, 5) is 4.62. The number of aromatic nitrogens is 1. The Bertz CT molecular complexity index is 616. The van der Waals surface area contributed by atoms with Crippen molar-refractivity contribution in [2.24, 2.45) is 5.73 Å². The Morgan fingerprint density at radius 2 is 2.11 bits per heavy atom. The number of nitrogens with zero attached hydrogens (tertiary/aromatic N) is 2. The summed E-state index contributed by atoms with van der Waals surface area (Å²) in [6, 6.07) is 5.47. The number of hydrogen-bond acceptors (Lipinski definition) is 4. The van der Waals surface area contributed by atoms with Crippen LogP contribution in [0.3, 0.4) is 0 Å². The number of benzene rings is 1. The van der Waals surface area contributed by atoms with Crippen molar-refractivity contribution in [3.05, 3.63) is 39.7 Å². The number of halogens is 2. The van der Waals surface area contributed by atoms with Gasteiger partial charge in [-0.05, 0) is 24.7 Å². The fourth-order valence-electron chi connectivity index (χ4n) is 1.51. The van der Waals surface area contributed by atoms with E-state index in [-0.39, 0.29) is 0 Å². The van der Waals surface area contributed by atoms with Gasteiger partial charge in [0.25, 0.3) is 0 Å². The second-order valence-electron chi connectivity index (χ2n) is 3.56. The standard InChI is InChI=1S/C12H9F2N3S/c13-8-2-1-7(5-9(8)14)12-10(6-16)18-11(17-12)3-4-15/h1-2,5H,3-4,15H2. The lowest BCUT2D eigenvalue weighted by Gasteiger charge is -1.98. The Hall–Kier alpha value is -1.84. The molecule has 3 nitrogen and oxygen atoms in total. The molecule has 0 unspecified atom stereocenters. The van der Waals surface area contributed by atoms with Crippen molar-refractivity contribution in [2.75, 3.05) is 6.54 Å². The van der Waals surface area contributed by atoms with Gasteiger partial charge in [0.1, 0.15) is 10.9 Å². The summed E-state index contributed by atoms with van der Waals surface area (Å²) < 4.78 is 26.0. The summed E-state index contributed by atoms with van der Waals surface area (Å²) in [5.41, 5.74) is 6.19. The first kappa shape index (κ1) is 12.6. The number of rotatable bonds is 3. The molecule has 1 aromatic heterocycles. The normalized spacial score (nSPS) is 10.3. The zero-order valence-electron chi connectivity index (χ0n) is 9.28. The van der Waals surface area contributed by atoms with Crippen molar-refractivity contribution in [3.8, 4) is 17.3 Å². The van der Waals surface area contributed by atoms with Gasteiger partial charge in [0, 0.05) is 12.0 Å². The van der Waals surface area contributed by atoms with E-state index >= 15 is 0 Å². The lowest BCUT2D eigenvalue weighted by atomic mass is 10.1. The molecule has 0 saturated carbocycles. The van der Waals surface area contributed by atoms with Crippen LogP contribution in [0.25, 0.3) is 11.3 Å². The number of hydrogen-bond donors (Lipinski definition) is 1. The molecule has 0 aliphatic heterocycles. The fraction of sp³-hybridized carbons (Fsp3) is 0.167. The van der Waals surface area contributed by atoms with Crippen molar-refractivity contribution in [2.45, 2.75) is 6.42 Å². The first-order valence-corrected chi connectivity index (χ1v) is 6.02. The molecule has 0 saturated heterocycles. The van der Waals surface area contributed by atoms with Crippen molar-refractivity contribution in [3.63, 3.8) is 0 Å². The highest BCUT2D eigenvalue weighted by molar-refractivity contribution is 7.12. The molecule has 0 aliphatic carbocycles. The van der Waals surface area contributed by atoms with E-state index in [9.17, 15) is 8.78 Å². The molecule has 0 radical (unpaired) electrons. The number of thiazole rings is 1. The molecular formula is C12H9F2N3S. The Balaban J connectivity index is 2.49. The SMILES string of the molecule is N#Cc1sc(CCN)nc1-c1ccc(F)c(F)c1. The van der Waals surface area contributed by atoms with Crippen LogP contribution in [-0.2, 0) is 6.42 Å². The Morgan fingerprint density at radius 3 is 2.72 bits per heavy atom. The third-order valence-corrected chi connectivity index (χ3v) is 3.34.